The van der Waals surface area contributed by atoms with Gasteiger partial charge in [-0.2, -0.15) is 0 Å². The van der Waals surface area contributed by atoms with E-state index in [0.717, 1.165) is 31.3 Å². The fourth-order valence-corrected chi connectivity index (χ4v) is 7.17. The average molecular weight is 348 g/mol. The highest BCUT2D eigenvalue weighted by atomic mass is 16.6. The first-order valence-corrected chi connectivity index (χ1v) is 9.55. The van der Waals surface area contributed by atoms with Crippen molar-refractivity contribution in [2.24, 2.45) is 28.6 Å². The molecule has 2 bridgehead atoms. The lowest BCUT2D eigenvalue weighted by molar-refractivity contribution is -0.161. The van der Waals surface area contributed by atoms with Crippen LogP contribution >= 0.6 is 0 Å². The molecule has 4 fully saturated rings. The lowest BCUT2D eigenvalue weighted by atomic mass is 9.58. The quantitative estimate of drug-likeness (QED) is 0.592. The number of rotatable bonds is 2. The highest BCUT2D eigenvalue weighted by Gasteiger charge is 2.81. The van der Waals surface area contributed by atoms with Gasteiger partial charge >= 0.3 is 11.9 Å². The predicted octanol–water partition coefficient (Wildman–Crippen LogP) is 2.92. The Morgan fingerprint density at radius 2 is 2.12 bits per heavy atom. The zero-order valence-electron chi connectivity index (χ0n) is 15.1. The molecular weight excluding hydrogens is 320 g/mol. The van der Waals surface area contributed by atoms with Crippen LogP contribution in [-0.4, -0.2) is 33.9 Å². The molecule has 3 saturated carbocycles. The summed E-state index contributed by atoms with van der Waals surface area (Å²) in [6.07, 6.45) is 4.41. The molecule has 0 aromatic carbocycles. The Balaban J connectivity index is 1.96. The highest BCUT2D eigenvalue weighted by molar-refractivity contribution is 5.85. The van der Waals surface area contributed by atoms with Gasteiger partial charge in [0.05, 0.1) is 17.4 Å². The van der Waals surface area contributed by atoms with Gasteiger partial charge in [-0.15, -0.1) is 0 Å². The summed E-state index contributed by atoms with van der Waals surface area (Å²) in [6, 6.07) is 0. The van der Waals surface area contributed by atoms with Crippen LogP contribution in [-0.2, 0) is 14.3 Å². The van der Waals surface area contributed by atoms with E-state index in [9.17, 15) is 19.8 Å². The molecule has 1 saturated heterocycles. The number of esters is 1. The number of hydrogen-bond donors (Lipinski definition) is 2. The number of aliphatic hydroxyl groups is 1. The minimum Gasteiger partial charge on any atom is -0.481 e. The van der Waals surface area contributed by atoms with Gasteiger partial charge in [-0.05, 0) is 57.3 Å². The predicted molar refractivity (Wildman–Crippen MR) is 90.6 cm³/mol. The van der Waals surface area contributed by atoms with E-state index in [-0.39, 0.29) is 5.92 Å². The SMILES string of the molecule is C=C1CCCC2[C@@]34CC[C@H](O)[C@](C)(C(=O)O3)C4[C@H](C(=O)O)[C@]2(CC)C1. The van der Waals surface area contributed by atoms with Gasteiger partial charge in [0.15, 0.2) is 0 Å². The van der Waals surface area contributed by atoms with Gasteiger partial charge in [0.25, 0.3) is 0 Å². The summed E-state index contributed by atoms with van der Waals surface area (Å²) in [6.45, 7) is 7.98. The molecule has 7 atom stereocenters. The molecule has 5 nitrogen and oxygen atoms in total. The van der Waals surface area contributed by atoms with Crippen LogP contribution in [0.3, 0.4) is 0 Å². The Kier molecular flexibility index (Phi) is 3.48. The molecule has 25 heavy (non-hydrogen) atoms. The van der Waals surface area contributed by atoms with Crippen molar-refractivity contribution in [2.75, 3.05) is 0 Å². The van der Waals surface area contributed by atoms with E-state index in [2.05, 4.69) is 13.5 Å². The normalized spacial score (nSPS) is 51.5. The van der Waals surface area contributed by atoms with Crippen LogP contribution in [0, 0.1) is 28.6 Å². The van der Waals surface area contributed by atoms with E-state index in [0.29, 0.717) is 19.3 Å². The van der Waals surface area contributed by atoms with Crippen molar-refractivity contribution in [3.63, 3.8) is 0 Å². The first-order chi connectivity index (χ1) is 11.7. The number of fused-ring (bicyclic) bond motifs is 1. The largest absolute Gasteiger partial charge is 0.481 e. The van der Waals surface area contributed by atoms with Gasteiger partial charge in [-0.3, -0.25) is 9.59 Å². The van der Waals surface area contributed by atoms with Crippen molar-refractivity contribution in [2.45, 2.75) is 70.5 Å². The molecule has 4 aliphatic rings. The van der Waals surface area contributed by atoms with Gasteiger partial charge in [0.1, 0.15) is 5.60 Å². The number of carbonyl (C=O) groups is 2. The molecule has 0 spiro atoms. The first-order valence-electron chi connectivity index (χ1n) is 9.55. The lowest BCUT2D eigenvalue weighted by Gasteiger charge is -2.43. The van der Waals surface area contributed by atoms with Gasteiger partial charge in [-0.25, -0.2) is 0 Å². The number of carboxylic acid groups (broad SMARTS) is 1. The molecule has 2 unspecified atom stereocenters. The van der Waals surface area contributed by atoms with Crippen molar-refractivity contribution < 1.29 is 24.5 Å². The second-order valence-corrected chi connectivity index (χ2v) is 8.93. The van der Waals surface area contributed by atoms with Gasteiger partial charge in [0.2, 0.25) is 0 Å². The van der Waals surface area contributed by atoms with Crippen LogP contribution < -0.4 is 0 Å². The maximum absolute atomic E-state index is 12.8. The molecule has 0 aromatic rings. The minimum absolute atomic E-state index is 0.0358. The zero-order valence-corrected chi connectivity index (χ0v) is 15.1. The van der Waals surface area contributed by atoms with Crippen LogP contribution in [0.5, 0.6) is 0 Å². The van der Waals surface area contributed by atoms with Crippen molar-refractivity contribution in [1.82, 2.24) is 0 Å². The summed E-state index contributed by atoms with van der Waals surface area (Å²) in [5.74, 6) is -2.35. The summed E-state index contributed by atoms with van der Waals surface area (Å²) in [4.78, 5) is 25.3. The van der Waals surface area contributed by atoms with Crippen LogP contribution in [0.4, 0.5) is 0 Å². The molecule has 0 amide bonds. The number of carbonyl (C=O) groups excluding carboxylic acids is 1. The van der Waals surface area contributed by atoms with Crippen LogP contribution in [0.1, 0.15) is 58.8 Å². The smallest absolute Gasteiger partial charge is 0.315 e. The summed E-state index contributed by atoms with van der Waals surface area (Å²) < 4.78 is 6.05. The third kappa shape index (κ3) is 1.78. The molecule has 1 heterocycles. The third-order valence-electron chi connectivity index (χ3n) is 8.16. The Hall–Kier alpha value is -1.36. The summed E-state index contributed by atoms with van der Waals surface area (Å²) in [5.41, 5.74) is -1.17. The maximum atomic E-state index is 12.8. The van der Waals surface area contributed by atoms with Crippen LogP contribution in [0.25, 0.3) is 0 Å². The number of aliphatic carboxylic acids is 1. The fraction of sp³-hybridized carbons (Fsp3) is 0.800. The third-order valence-corrected chi connectivity index (χ3v) is 8.16. The van der Waals surface area contributed by atoms with Gasteiger partial charge in [-0.1, -0.05) is 19.1 Å². The molecule has 1 aliphatic heterocycles. The fourth-order valence-electron chi connectivity index (χ4n) is 7.17. The topological polar surface area (TPSA) is 83.8 Å². The van der Waals surface area contributed by atoms with Gasteiger partial charge < -0.3 is 14.9 Å². The number of ether oxygens (including phenoxy) is 1. The molecule has 5 heteroatoms. The lowest BCUT2D eigenvalue weighted by Crippen LogP contribution is -2.53. The van der Waals surface area contributed by atoms with Gasteiger partial charge in [0, 0.05) is 11.8 Å². The molecule has 3 aliphatic carbocycles. The Labute approximate surface area is 148 Å². The molecule has 4 rings (SSSR count). The van der Waals surface area contributed by atoms with E-state index in [1.54, 1.807) is 6.92 Å². The number of aliphatic hydroxyl groups excluding tert-OH is 1. The monoisotopic (exact) mass is 348 g/mol. The summed E-state index contributed by atoms with van der Waals surface area (Å²) in [7, 11) is 0. The maximum Gasteiger partial charge on any atom is 0.315 e. The molecular formula is C20H28O5. The Morgan fingerprint density at radius 1 is 1.40 bits per heavy atom. The minimum atomic E-state index is -1.11. The van der Waals surface area contributed by atoms with Crippen LogP contribution in [0.2, 0.25) is 0 Å². The standard InChI is InChI=1S/C20H28O5/c1-4-19-10-11(2)6-5-7-12(19)20-9-8-13(21)18(3,17(24)25-20)15(20)14(19)16(22)23/h12-15,21H,2,4-10H2,1,3H3,(H,22,23)/t12?,13-,14+,15?,18-,19+,20+/m0/s1. The second-order valence-electron chi connectivity index (χ2n) is 8.93. The van der Waals surface area contributed by atoms with E-state index in [1.165, 1.54) is 0 Å². The molecule has 2 N–H and O–H groups in total. The van der Waals surface area contributed by atoms with E-state index < -0.39 is 46.3 Å². The van der Waals surface area contributed by atoms with Crippen LogP contribution in [0.15, 0.2) is 12.2 Å². The van der Waals surface area contributed by atoms with E-state index in [1.807, 2.05) is 0 Å². The Morgan fingerprint density at radius 3 is 2.76 bits per heavy atom. The second kappa shape index (κ2) is 5.09. The molecule has 138 valence electrons. The average Bonchev–Trinajstić information content (AvgIpc) is 2.77. The summed E-state index contributed by atoms with van der Waals surface area (Å²) >= 11 is 0. The van der Waals surface area contributed by atoms with E-state index >= 15 is 0 Å². The molecule has 0 radical (unpaired) electrons. The van der Waals surface area contributed by atoms with E-state index in [4.69, 9.17) is 4.74 Å². The number of carboxylic acids is 1. The Bertz CT molecular complexity index is 656. The summed E-state index contributed by atoms with van der Waals surface area (Å²) in [5, 5.41) is 20.9. The number of hydrogen-bond acceptors (Lipinski definition) is 4. The van der Waals surface area contributed by atoms with Crippen molar-refractivity contribution >= 4 is 11.9 Å². The zero-order chi connectivity index (χ0) is 18.2. The first kappa shape index (κ1) is 17.1. The highest BCUT2D eigenvalue weighted by Crippen LogP contribution is 2.74. The number of allylic oxidation sites excluding steroid dienone is 1. The molecule has 0 aromatic heterocycles. The van der Waals surface area contributed by atoms with Crippen molar-refractivity contribution in [3.8, 4) is 0 Å². The van der Waals surface area contributed by atoms with Crippen molar-refractivity contribution in [3.05, 3.63) is 12.2 Å². The van der Waals surface area contributed by atoms with Crippen molar-refractivity contribution in [1.29, 1.82) is 0 Å².